The van der Waals surface area contributed by atoms with Crippen LogP contribution in [0.3, 0.4) is 0 Å². The maximum atomic E-state index is 12.1. The molecule has 2 N–H and O–H groups in total. The van der Waals surface area contributed by atoms with Gasteiger partial charge in [-0.2, -0.15) is 0 Å². The van der Waals surface area contributed by atoms with Gasteiger partial charge >= 0.3 is 0 Å². The Balaban J connectivity index is 1.69. The van der Waals surface area contributed by atoms with Crippen LogP contribution in [0.2, 0.25) is 10.0 Å². The number of aromatic nitrogens is 1. The lowest BCUT2D eigenvalue weighted by Crippen LogP contribution is -2.19. The summed E-state index contributed by atoms with van der Waals surface area (Å²) in [7, 11) is 0. The minimum absolute atomic E-state index is 0.193. The summed E-state index contributed by atoms with van der Waals surface area (Å²) < 4.78 is 0. The monoisotopic (exact) mass is 426 g/mol. The molecular weight excluding hydrogens is 415 g/mol. The van der Waals surface area contributed by atoms with Crippen molar-refractivity contribution in [2.24, 2.45) is 4.99 Å². The van der Waals surface area contributed by atoms with Crippen molar-refractivity contribution in [3.05, 3.63) is 49.8 Å². The number of halogens is 2. The number of thiazole rings is 1. The van der Waals surface area contributed by atoms with Gasteiger partial charge in [0.05, 0.1) is 16.3 Å². The first kappa shape index (κ1) is 18.9. The Kier molecular flexibility index (Phi) is 5.98. The van der Waals surface area contributed by atoms with E-state index in [2.05, 4.69) is 20.6 Å². The predicted octanol–water partition coefficient (Wildman–Crippen LogP) is 4.17. The summed E-state index contributed by atoms with van der Waals surface area (Å²) in [5.41, 5.74) is 0.818. The van der Waals surface area contributed by atoms with Crippen molar-refractivity contribution in [1.82, 2.24) is 10.3 Å². The smallest absolute Gasteiger partial charge is 0.264 e. The summed E-state index contributed by atoms with van der Waals surface area (Å²) >= 11 is 14.5. The number of rotatable bonds is 4. The molecule has 1 fully saturated rings. The van der Waals surface area contributed by atoms with Gasteiger partial charge in [0.15, 0.2) is 10.3 Å². The predicted molar refractivity (Wildman–Crippen MR) is 108 cm³/mol. The number of carbonyl (C=O) groups is 2. The van der Waals surface area contributed by atoms with Crippen LogP contribution in [0.4, 0.5) is 5.13 Å². The van der Waals surface area contributed by atoms with E-state index in [1.165, 1.54) is 30.0 Å². The van der Waals surface area contributed by atoms with E-state index in [9.17, 15) is 9.59 Å². The highest BCUT2D eigenvalue weighted by Gasteiger charge is 2.24. The van der Waals surface area contributed by atoms with Gasteiger partial charge in [0.2, 0.25) is 5.91 Å². The molecule has 10 heteroatoms. The van der Waals surface area contributed by atoms with Gasteiger partial charge in [-0.15, -0.1) is 0 Å². The second kappa shape index (κ2) is 8.22. The van der Waals surface area contributed by atoms with Gasteiger partial charge in [-0.1, -0.05) is 40.6 Å². The highest BCUT2D eigenvalue weighted by molar-refractivity contribution is 8.18. The molecule has 134 valence electrons. The number of hydrogen-bond acceptors (Lipinski definition) is 6. The first-order valence-electron chi connectivity index (χ1n) is 7.33. The molecular formula is C16H12Cl2N4O2S2. The van der Waals surface area contributed by atoms with Crippen LogP contribution < -0.4 is 10.6 Å². The van der Waals surface area contributed by atoms with Crippen molar-refractivity contribution < 1.29 is 9.59 Å². The van der Waals surface area contributed by atoms with Crippen molar-refractivity contribution >= 4 is 74.5 Å². The largest absolute Gasteiger partial charge is 0.302 e. The van der Waals surface area contributed by atoms with E-state index in [0.717, 1.165) is 10.4 Å². The van der Waals surface area contributed by atoms with E-state index in [-0.39, 0.29) is 11.8 Å². The first-order valence-corrected chi connectivity index (χ1v) is 9.72. The van der Waals surface area contributed by atoms with Gasteiger partial charge < -0.3 is 10.6 Å². The number of anilines is 1. The molecule has 3 rings (SSSR count). The number of thioether (sulfide) groups is 1. The average molecular weight is 427 g/mol. The molecule has 0 saturated carbocycles. The van der Waals surface area contributed by atoms with Crippen molar-refractivity contribution in [2.45, 2.75) is 13.5 Å². The number of nitrogens with zero attached hydrogens (tertiary/aromatic N) is 2. The normalized spacial score (nSPS) is 17.0. The zero-order valence-electron chi connectivity index (χ0n) is 13.4. The second-order valence-corrected chi connectivity index (χ2v) is 8.11. The van der Waals surface area contributed by atoms with Gasteiger partial charge in [-0.3, -0.25) is 14.6 Å². The molecule has 26 heavy (non-hydrogen) atoms. The molecule has 2 amide bonds. The Morgan fingerprint density at radius 3 is 2.96 bits per heavy atom. The number of carbonyl (C=O) groups excluding carboxylic acids is 2. The molecule has 0 unspecified atom stereocenters. The molecule has 1 saturated heterocycles. The number of amides is 2. The molecule has 1 aromatic carbocycles. The van der Waals surface area contributed by atoms with Crippen molar-refractivity contribution in [2.75, 3.05) is 5.32 Å². The topological polar surface area (TPSA) is 83.4 Å². The summed E-state index contributed by atoms with van der Waals surface area (Å²) in [4.78, 5) is 32.8. The Morgan fingerprint density at radius 1 is 1.42 bits per heavy atom. The standard InChI is InChI=1S/C16H12Cl2N4O2S2/c1-8(23)21-15-20-7-11(25-15)5-13-14(24)22-16(26-13)19-6-9-2-3-10(17)4-12(9)18/h2-5,7H,6H2,1H3,(H,19,22,24)(H,20,21,23). The fourth-order valence-corrected chi connectivity index (χ4v) is 4.16. The van der Waals surface area contributed by atoms with Crippen LogP contribution in [-0.2, 0) is 16.1 Å². The maximum absolute atomic E-state index is 12.1. The molecule has 0 atom stereocenters. The van der Waals surface area contributed by atoms with Crippen molar-refractivity contribution in [3.63, 3.8) is 0 Å². The van der Waals surface area contributed by atoms with Crippen LogP contribution in [0.1, 0.15) is 17.4 Å². The van der Waals surface area contributed by atoms with Gasteiger partial charge in [0, 0.05) is 23.2 Å². The maximum Gasteiger partial charge on any atom is 0.264 e. The van der Waals surface area contributed by atoms with Gasteiger partial charge in [0.1, 0.15) is 0 Å². The van der Waals surface area contributed by atoms with E-state index in [1.54, 1.807) is 30.5 Å². The van der Waals surface area contributed by atoms with Gasteiger partial charge in [-0.05, 0) is 35.5 Å². The molecule has 6 nitrogen and oxygen atoms in total. The van der Waals surface area contributed by atoms with Crippen molar-refractivity contribution in [1.29, 1.82) is 0 Å². The SMILES string of the molecule is CC(=O)Nc1ncc(C=C2SC(=NCc3ccc(Cl)cc3Cl)NC2=O)s1. The van der Waals surface area contributed by atoms with Crippen LogP contribution in [0.25, 0.3) is 6.08 Å². The minimum atomic E-state index is -0.231. The summed E-state index contributed by atoms with van der Waals surface area (Å²) in [5.74, 6) is -0.424. The van der Waals surface area contributed by atoms with Gasteiger partial charge in [-0.25, -0.2) is 4.98 Å². The molecule has 0 spiro atoms. The number of benzene rings is 1. The zero-order chi connectivity index (χ0) is 18.7. The lowest BCUT2D eigenvalue weighted by molar-refractivity contribution is -0.115. The van der Waals surface area contributed by atoms with E-state index in [0.29, 0.717) is 31.8 Å². The van der Waals surface area contributed by atoms with Crippen LogP contribution >= 0.6 is 46.3 Å². The van der Waals surface area contributed by atoms with E-state index in [4.69, 9.17) is 23.2 Å². The highest BCUT2D eigenvalue weighted by Crippen LogP contribution is 2.29. The fourth-order valence-electron chi connectivity index (χ4n) is 2.00. The van der Waals surface area contributed by atoms with Gasteiger partial charge in [0.25, 0.3) is 5.91 Å². The van der Waals surface area contributed by atoms with E-state index < -0.39 is 0 Å². The van der Waals surface area contributed by atoms with E-state index in [1.807, 2.05) is 0 Å². The Morgan fingerprint density at radius 2 is 2.23 bits per heavy atom. The van der Waals surface area contributed by atoms with E-state index >= 15 is 0 Å². The third kappa shape index (κ3) is 4.85. The lowest BCUT2D eigenvalue weighted by Gasteiger charge is -2.01. The molecule has 0 aliphatic carbocycles. The average Bonchev–Trinajstić information content (AvgIpc) is 3.13. The molecule has 0 radical (unpaired) electrons. The molecule has 2 heterocycles. The number of hydrogen-bond donors (Lipinski definition) is 2. The van der Waals surface area contributed by atoms with Crippen LogP contribution in [0, 0.1) is 0 Å². The Labute approximate surface area is 167 Å². The summed E-state index contributed by atoms with van der Waals surface area (Å²) in [6, 6.07) is 5.19. The lowest BCUT2D eigenvalue weighted by atomic mass is 10.2. The summed E-state index contributed by atoms with van der Waals surface area (Å²) in [6.07, 6.45) is 3.31. The molecule has 1 aromatic heterocycles. The summed E-state index contributed by atoms with van der Waals surface area (Å²) in [6.45, 7) is 1.74. The van der Waals surface area contributed by atoms with Crippen LogP contribution in [0.5, 0.6) is 0 Å². The summed E-state index contributed by atoms with van der Waals surface area (Å²) in [5, 5.41) is 7.39. The zero-order valence-corrected chi connectivity index (χ0v) is 16.5. The minimum Gasteiger partial charge on any atom is -0.302 e. The van der Waals surface area contributed by atoms with Crippen molar-refractivity contribution in [3.8, 4) is 0 Å². The number of aliphatic imine (C=N–C) groups is 1. The quantitative estimate of drug-likeness (QED) is 0.718. The molecule has 0 bridgehead atoms. The second-order valence-electron chi connectivity index (χ2n) is 5.17. The number of amidine groups is 1. The third-order valence-electron chi connectivity index (χ3n) is 3.14. The number of nitrogens with one attached hydrogen (secondary N) is 2. The third-order valence-corrected chi connectivity index (χ3v) is 5.53. The first-order chi connectivity index (χ1) is 12.4. The Bertz CT molecular complexity index is 940. The molecule has 1 aliphatic heterocycles. The van der Waals surface area contributed by atoms with Crippen LogP contribution in [-0.4, -0.2) is 22.0 Å². The fraction of sp³-hybridized carbons (Fsp3) is 0.125. The Hall–Kier alpha value is -1.87. The highest BCUT2D eigenvalue weighted by atomic mass is 35.5. The van der Waals surface area contributed by atoms with Crippen LogP contribution in [0.15, 0.2) is 34.3 Å². The molecule has 2 aromatic rings. The molecule has 1 aliphatic rings.